The Morgan fingerprint density at radius 1 is 1.12 bits per heavy atom. The van der Waals surface area contributed by atoms with Gasteiger partial charge in [-0.25, -0.2) is 0 Å². The molecule has 84 valence electrons. The van der Waals surface area contributed by atoms with Gasteiger partial charge in [-0.15, -0.1) is 10.2 Å². The zero-order chi connectivity index (χ0) is 11.8. The van der Waals surface area contributed by atoms with E-state index in [0.717, 1.165) is 12.1 Å². The van der Waals surface area contributed by atoms with Crippen molar-refractivity contribution in [3.8, 4) is 5.69 Å². The maximum absolute atomic E-state index is 12.3. The van der Waals surface area contributed by atoms with E-state index < -0.39 is 11.7 Å². The van der Waals surface area contributed by atoms with Gasteiger partial charge in [0.1, 0.15) is 6.33 Å². The van der Waals surface area contributed by atoms with Crippen LogP contribution in [0.25, 0.3) is 5.69 Å². The molecule has 3 nitrogen and oxygen atoms in total. The first kappa shape index (κ1) is 11.1. The molecule has 0 saturated heterocycles. The highest BCUT2D eigenvalue weighted by Crippen LogP contribution is 2.29. The number of alkyl halides is 3. The first-order valence-electron chi connectivity index (χ1n) is 4.21. The summed E-state index contributed by atoms with van der Waals surface area (Å²) in [6.45, 7) is 0. The molecule has 0 aliphatic carbocycles. The van der Waals surface area contributed by atoms with Crippen LogP contribution in [0.2, 0.25) is 0 Å². The highest BCUT2D eigenvalue weighted by atomic mass is 79.9. The number of aromatic nitrogens is 3. The average molecular weight is 292 g/mol. The van der Waals surface area contributed by atoms with Gasteiger partial charge in [-0.1, -0.05) is 0 Å². The SMILES string of the molecule is FC(F)(F)c1ccc(-n2cnnc2Br)cc1. The first-order valence-corrected chi connectivity index (χ1v) is 5.01. The quantitative estimate of drug-likeness (QED) is 0.808. The summed E-state index contributed by atoms with van der Waals surface area (Å²) in [6.07, 6.45) is -2.91. The zero-order valence-electron chi connectivity index (χ0n) is 7.74. The molecule has 0 fully saturated rings. The van der Waals surface area contributed by atoms with Gasteiger partial charge in [-0.2, -0.15) is 13.2 Å². The van der Waals surface area contributed by atoms with E-state index in [1.54, 1.807) is 0 Å². The van der Waals surface area contributed by atoms with Crippen LogP contribution in [0, 0.1) is 0 Å². The lowest BCUT2D eigenvalue weighted by Crippen LogP contribution is -2.04. The standard InChI is InChI=1S/C9H5BrF3N3/c10-8-15-14-5-16(8)7-3-1-6(2-4-7)9(11,12)13/h1-5H. The molecule has 0 bridgehead atoms. The summed E-state index contributed by atoms with van der Waals surface area (Å²) >= 11 is 3.13. The summed E-state index contributed by atoms with van der Waals surface area (Å²) in [5.74, 6) is 0. The Bertz CT molecular complexity index is 489. The molecule has 0 aliphatic heterocycles. The molecule has 2 rings (SSSR count). The fourth-order valence-electron chi connectivity index (χ4n) is 1.21. The molecule has 0 radical (unpaired) electrons. The lowest BCUT2D eigenvalue weighted by atomic mass is 10.2. The van der Waals surface area contributed by atoms with E-state index in [4.69, 9.17) is 0 Å². The van der Waals surface area contributed by atoms with Gasteiger partial charge in [0.15, 0.2) is 0 Å². The van der Waals surface area contributed by atoms with Gasteiger partial charge in [0, 0.05) is 5.69 Å². The molecule has 7 heteroatoms. The number of rotatable bonds is 1. The van der Waals surface area contributed by atoms with Crippen LogP contribution < -0.4 is 0 Å². The van der Waals surface area contributed by atoms with E-state index in [9.17, 15) is 13.2 Å². The van der Waals surface area contributed by atoms with Crippen LogP contribution in [0.3, 0.4) is 0 Å². The van der Waals surface area contributed by atoms with E-state index >= 15 is 0 Å². The molecule has 16 heavy (non-hydrogen) atoms. The maximum atomic E-state index is 12.3. The van der Waals surface area contributed by atoms with Crippen LogP contribution in [0.4, 0.5) is 13.2 Å². The number of benzene rings is 1. The second-order valence-electron chi connectivity index (χ2n) is 3.01. The minimum absolute atomic E-state index is 0.437. The van der Waals surface area contributed by atoms with Crippen molar-refractivity contribution < 1.29 is 13.2 Å². The molecule has 0 spiro atoms. The van der Waals surface area contributed by atoms with Gasteiger partial charge in [0.2, 0.25) is 4.73 Å². The Morgan fingerprint density at radius 2 is 1.75 bits per heavy atom. The summed E-state index contributed by atoms with van der Waals surface area (Å²) in [5.41, 5.74) is -0.120. The summed E-state index contributed by atoms with van der Waals surface area (Å²) in [5, 5.41) is 7.28. The fourth-order valence-corrected chi connectivity index (χ4v) is 1.59. The van der Waals surface area contributed by atoms with E-state index in [0.29, 0.717) is 10.4 Å². The van der Waals surface area contributed by atoms with Gasteiger partial charge in [0.05, 0.1) is 5.56 Å². The van der Waals surface area contributed by atoms with Crippen molar-refractivity contribution in [1.29, 1.82) is 0 Å². The molecule has 1 aromatic carbocycles. The summed E-state index contributed by atoms with van der Waals surface area (Å²) in [7, 11) is 0. The molecule has 0 N–H and O–H groups in total. The lowest BCUT2D eigenvalue weighted by molar-refractivity contribution is -0.137. The van der Waals surface area contributed by atoms with Crippen molar-refractivity contribution in [3.63, 3.8) is 0 Å². The van der Waals surface area contributed by atoms with Crippen LogP contribution in [-0.2, 0) is 6.18 Å². The van der Waals surface area contributed by atoms with Gasteiger partial charge in [-0.3, -0.25) is 4.57 Å². The van der Waals surface area contributed by atoms with E-state index in [1.807, 2.05) is 0 Å². The van der Waals surface area contributed by atoms with Crippen molar-refractivity contribution in [1.82, 2.24) is 14.8 Å². The molecule has 1 heterocycles. The Kier molecular flexibility index (Phi) is 2.71. The number of halogens is 4. The Labute approximate surface area is 97.0 Å². The lowest BCUT2D eigenvalue weighted by Gasteiger charge is -2.07. The second-order valence-corrected chi connectivity index (χ2v) is 3.72. The van der Waals surface area contributed by atoms with Crippen LogP contribution in [0.1, 0.15) is 5.56 Å². The number of hydrogen-bond acceptors (Lipinski definition) is 2. The molecule has 0 saturated carbocycles. The molecule has 0 amide bonds. The number of nitrogens with zero attached hydrogens (tertiary/aromatic N) is 3. The van der Waals surface area contributed by atoms with Crippen molar-refractivity contribution in [2.45, 2.75) is 6.18 Å². The largest absolute Gasteiger partial charge is 0.416 e. The van der Waals surface area contributed by atoms with Crippen LogP contribution in [0.5, 0.6) is 0 Å². The monoisotopic (exact) mass is 291 g/mol. The Morgan fingerprint density at radius 3 is 2.19 bits per heavy atom. The predicted octanol–water partition coefficient (Wildman–Crippen LogP) is 3.05. The summed E-state index contributed by atoms with van der Waals surface area (Å²) < 4.78 is 38.9. The minimum atomic E-state index is -4.32. The van der Waals surface area contributed by atoms with Gasteiger partial charge < -0.3 is 0 Å². The molecular weight excluding hydrogens is 287 g/mol. The average Bonchev–Trinajstić information content (AvgIpc) is 2.63. The van der Waals surface area contributed by atoms with E-state index in [1.165, 1.54) is 23.0 Å². The van der Waals surface area contributed by atoms with Gasteiger partial charge in [0.25, 0.3) is 0 Å². The molecule has 0 unspecified atom stereocenters. The third-order valence-electron chi connectivity index (χ3n) is 1.98. The van der Waals surface area contributed by atoms with Gasteiger partial charge >= 0.3 is 6.18 Å². The second kappa shape index (κ2) is 3.89. The highest BCUT2D eigenvalue weighted by molar-refractivity contribution is 9.10. The van der Waals surface area contributed by atoms with Crippen molar-refractivity contribution in [2.24, 2.45) is 0 Å². The predicted molar refractivity (Wildman–Crippen MR) is 54.1 cm³/mol. The Hall–Kier alpha value is -1.37. The summed E-state index contributed by atoms with van der Waals surface area (Å²) in [6, 6.07) is 4.75. The zero-order valence-corrected chi connectivity index (χ0v) is 9.33. The summed E-state index contributed by atoms with van der Waals surface area (Å²) in [4.78, 5) is 0. The van der Waals surface area contributed by atoms with E-state index in [2.05, 4.69) is 26.1 Å². The van der Waals surface area contributed by atoms with Crippen LogP contribution >= 0.6 is 15.9 Å². The number of hydrogen-bond donors (Lipinski definition) is 0. The molecule has 1 aromatic heterocycles. The third-order valence-corrected chi connectivity index (χ3v) is 2.52. The van der Waals surface area contributed by atoms with E-state index in [-0.39, 0.29) is 0 Å². The van der Waals surface area contributed by atoms with Crippen LogP contribution in [0.15, 0.2) is 35.3 Å². The smallest absolute Gasteiger partial charge is 0.276 e. The first-order chi connectivity index (χ1) is 7.48. The molecular formula is C9H5BrF3N3. The molecule has 0 aliphatic rings. The van der Waals surface area contributed by atoms with Crippen molar-refractivity contribution in [3.05, 3.63) is 40.9 Å². The molecule has 0 atom stereocenters. The normalized spacial score (nSPS) is 11.8. The van der Waals surface area contributed by atoms with Crippen molar-refractivity contribution in [2.75, 3.05) is 0 Å². The van der Waals surface area contributed by atoms with Crippen molar-refractivity contribution >= 4 is 15.9 Å². The third kappa shape index (κ3) is 2.08. The fraction of sp³-hybridized carbons (Fsp3) is 0.111. The minimum Gasteiger partial charge on any atom is -0.276 e. The molecule has 2 aromatic rings. The highest BCUT2D eigenvalue weighted by Gasteiger charge is 2.30. The topological polar surface area (TPSA) is 30.7 Å². The Balaban J connectivity index is 2.37. The maximum Gasteiger partial charge on any atom is 0.416 e. The van der Waals surface area contributed by atoms with Crippen LogP contribution in [-0.4, -0.2) is 14.8 Å². The van der Waals surface area contributed by atoms with Gasteiger partial charge in [-0.05, 0) is 40.2 Å².